The van der Waals surface area contributed by atoms with E-state index in [-0.39, 0.29) is 17.6 Å². The summed E-state index contributed by atoms with van der Waals surface area (Å²) in [6.45, 7) is 8.14. The number of piperidine rings is 1. The molecule has 192 valence electrons. The molecule has 1 spiro atoms. The topological polar surface area (TPSA) is 120 Å². The van der Waals surface area contributed by atoms with Gasteiger partial charge in [-0.05, 0) is 86.9 Å². The number of aromatic nitrogens is 1. The molecule has 0 bridgehead atoms. The van der Waals surface area contributed by atoms with E-state index in [0.717, 1.165) is 27.9 Å². The standard InChI is InChI=1S/C29H32N4O4/c1-17(2)32-27(36)28(37)33-9-7-29(8-10-33)13-23(34)26(24(35)14-29)25-18(3)11-21(12-19(25)4)22-6-5-20(15-30)16-31-22/h5-6,11-12,16-17,26H,7-10,13-14H2,1-4H3,(H,32,36). The Bertz CT molecular complexity index is 1260. The molecule has 1 aromatic heterocycles. The summed E-state index contributed by atoms with van der Waals surface area (Å²) in [5.41, 5.74) is 4.11. The summed E-state index contributed by atoms with van der Waals surface area (Å²) < 4.78 is 0. The maximum Gasteiger partial charge on any atom is 0.311 e. The maximum absolute atomic E-state index is 13.4. The van der Waals surface area contributed by atoms with Crippen LogP contribution in [0.5, 0.6) is 0 Å². The third-order valence-electron chi connectivity index (χ3n) is 7.54. The number of rotatable bonds is 3. The average molecular weight is 501 g/mol. The van der Waals surface area contributed by atoms with Gasteiger partial charge in [0.15, 0.2) is 0 Å². The zero-order chi connectivity index (χ0) is 26.9. The van der Waals surface area contributed by atoms with Crippen LogP contribution >= 0.6 is 0 Å². The Balaban J connectivity index is 1.49. The smallest absolute Gasteiger partial charge is 0.311 e. The molecule has 1 aliphatic carbocycles. The van der Waals surface area contributed by atoms with Gasteiger partial charge in [0.25, 0.3) is 0 Å². The van der Waals surface area contributed by atoms with Gasteiger partial charge >= 0.3 is 11.8 Å². The quantitative estimate of drug-likeness (QED) is 0.510. The Morgan fingerprint density at radius 3 is 2.16 bits per heavy atom. The van der Waals surface area contributed by atoms with Gasteiger partial charge in [0.05, 0.1) is 11.3 Å². The van der Waals surface area contributed by atoms with Gasteiger partial charge in [0.1, 0.15) is 23.6 Å². The summed E-state index contributed by atoms with van der Waals surface area (Å²) in [5, 5.41) is 11.6. The number of benzene rings is 1. The number of ketones is 2. The maximum atomic E-state index is 13.4. The van der Waals surface area contributed by atoms with E-state index in [2.05, 4.69) is 16.4 Å². The molecule has 2 fully saturated rings. The number of hydrogen-bond donors (Lipinski definition) is 1. The van der Waals surface area contributed by atoms with E-state index in [9.17, 15) is 19.2 Å². The van der Waals surface area contributed by atoms with E-state index in [4.69, 9.17) is 5.26 Å². The lowest BCUT2D eigenvalue weighted by Crippen LogP contribution is -2.52. The highest BCUT2D eigenvalue weighted by Crippen LogP contribution is 2.47. The van der Waals surface area contributed by atoms with Crippen molar-refractivity contribution in [2.45, 2.75) is 65.3 Å². The molecule has 37 heavy (non-hydrogen) atoms. The van der Waals surface area contributed by atoms with Gasteiger partial charge in [-0.25, -0.2) is 0 Å². The van der Waals surface area contributed by atoms with Crippen LogP contribution < -0.4 is 5.32 Å². The second-order valence-electron chi connectivity index (χ2n) is 10.7. The predicted octanol–water partition coefficient (Wildman–Crippen LogP) is 3.39. The Hall–Kier alpha value is -3.86. The van der Waals surface area contributed by atoms with Crippen LogP contribution in [0.2, 0.25) is 0 Å². The number of carbonyl (C=O) groups is 4. The zero-order valence-electron chi connectivity index (χ0n) is 21.8. The number of Topliss-reactive ketones (excluding diaryl/α,β-unsaturated/α-hetero) is 2. The number of hydrogen-bond acceptors (Lipinski definition) is 6. The first kappa shape index (κ1) is 26.2. The second-order valence-corrected chi connectivity index (χ2v) is 10.7. The fourth-order valence-electron chi connectivity index (χ4n) is 5.72. The molecule has 0 unspecified atom stereocenters. The molecule has 1 aromatic carbocycles. The van der Waals surface area contributed by atoms with Crippen molar-refractivity contribution in [3.05, 3.63) is 52.7 Å². The highest BCUT2D eigenvalue weighted by molar-refractivity contribution is 6.35. The molecule has 1 saturated heterocycles. The minimum atomic E-state index is -0.787. The van der Waals surface area contributed by atoms with Gasteiger partial charge in [0, 0.05) is 43.7 Å². The lowest BCUT2D eigenvalue weighted by molar-refractivity contribution is -0.149. The first-order valence-corrected chi connectivity index (χ1v) is 12.7. The number of nitrogens with one attached hydrogen (secondary N) is 1. The van der Waals surface area contributed by atoms with Gasteiger partial charge in [-0.3, -0.25) is 24.2 Å². The van der Waals surface area contributed by atoms with E-state index in [0.29, 0.717) is 44.3 Å². The van der Waals surface area contributed by atoms with E-state index in [1.165, 1.54) is 11.1 Å². The average Bonchev–Trinajstić information content (AvgIpc) is 2.84. The lowest BCUT2D eigenvalue weighted by atomic mass is 9.62. The summed E-state index contributed by atoms with van der Waals surface area (Å²) in [6, 6.07) is 9.31. The number of amides is 2. The van der Waals surface area contributed by atoms with E-state index in [1.54, 1.807) is 26.0 Å². The van der Waals surface area contributed by atoms with Crippen LogP contribution in [0.15, 0.2) is 30.5 Å². The fourth-order valence-corrected chi connectivity index (χ4v) is 5.72. The molecular formula is C29H32N4O4. The van der Waals surface area contributed by atoms with E-state index >= 15 is 0 Å². The Morgan fingerprint density at radius 1 is 1.08 bits per heavy atom. The number of nitriles is 1. The Morgan fingerprint density at radius 2 is 1.68 bits per heavy atom. The first-order valence-electron chi connectivity index (χ1n) is 12.7. The normalized spacial score (nSPS) is 17.7. The molecule has 2 aromatic rings. The molecule has 1 saturated carbocycles. The molecule has 8 nitrogen and oxygen atoms in total. The van der Waals surface area contributed by atoms with Gasteiger partial charge in [0.2, 0.25) is 0 Å². The van der Waals surface area contributed by atoms with Crippen molar-refractivity contribution in [2.24, 2.45) is 5.41 Å². The Labute approximate surface area is 217 Å². The van der Waals surface area contributed by atoms with Gasteiger partial charge in [-0.15, -0.1) is 0 Å². The molecule has 1 aliphatic heterocycles. The highest BCUT2D eigenvalue weighted by atomic mass is 16.2. The van der Waals surface area contributed by atoms with Gasteiger partial charge in [-0.1, -0.05) is 0 Å². The summed E-state index contributed by atoms with van der Waals surface area (Å²) in [6.07, 6.45) is 3.17. The molecule has 0 atom stereocenters. The predicted molar refractivity (Wildman–Crippen MR) is 137 cm³/mol. The third-order valence-corrected chi connectivity index (χ3v) is 7.54. The largest absolute Gasteiger partial charge is 0.346 e. The molecule has 1 N–H and O–H groups in total. The van der Waals surface area contributed by atoms with Crippen molar-refractivity contribution < 1.29 is 19.2 Å². The van der Waals surface area contributed by atoms with Crippen LogP contribution in [-0.2, 0) is 19.2 Å². The van der Waals surface area contributed by atoms with Crippen molar-refractivity contribution in [3.63, 3.8) is 0 Å². The second kappa shape index (κ2) is 10.3. The third kappa shape index (κ3) is 5.31. The molecule has 4 rings (SSSR count). The lowest BCUT2D eigenvalue weighted by Gasteiger charge is -2.44. The number of aryl methyl sites for hydroxylation is 2. The van der Waals surface area contributed by atoms with E-state index < -0.39 is 23.1 Å². The first-order chi connectivity index (χ1) is 17.5. The molecular weight excluding hydrogens is 468 g/mol. The summed E-state index contributed by atoms with van der Waals surface area (Å²) >= 11 is 0. The molecule has 0 radical (unpaired) electrons. The van der Waals surface area contributed by atoms with Crippen LogP contribution in [-0.4, -0.2) is 52.4 Å². The summed E-state index contributed by atoms with van der Waals surface area (Å²) in [5.74, 6) is -2.12. The number of carbonyl (C=O) groups excluding carboxylic acids is 4. The van der Waals surface area contributed by atoms with Crippen LogP contribution in [0.1, 0.15) is 67.7 Å². The monoisotopic (exact) mass is 500 g/mol. The SMILES string of the molecule is Cc1cc(-c2ccc(C#N)cn2)cc(C)c1C1C(=O)CC2(CCN(C(=O)C(=O)NC(C)C)CC2)CC1=O. The van der Waals surface area contributed by atoms with Crippen molar-refractivity contribution in [1.82, 2.24) is 15.2 Å². The van der Waals surface area contributed by atoms with Crippen molar-refractivity contribution in [2.75, 3.05) is 13.1 Å². The molecule has 8 heteroatoms. The van der Waals surface area contributed by atoms with Crippen LogP contribution in [0.25, 0.3) is 11.3 Å². The van der Waals surface area contributed by atoms with Crippen LogP contribution in [0.3, 0.4) is 0 Å². The van der Waals surface area contributed by atoms with Crippen LogP contribution in [0.4, 0.5) is 0 Å². The minimum Gasteiger partial charge on any atom is -0.346 e. The van der Waals surface area contributed by atoms with Crippen molar-refractivity contribution in [1.29, 1.82) is 5.26 Å². The number of pyridine rings is 1. The zero-order valence-corrected chi connectivity index (χ0v) is 21.8. The van der Waals surface area contributed by atoms with Crippen molar-refractivity contribution >= 4 is 23.4 Å². The number of nitrogens with zero attached hydrogens (tertiary/aromatic N) is 3. The molecule has 2 aliphatic rings. The number of likely N-dealkylation sites (tertiary alicyclic amines) is 1. The van der Waals surface area contributed by atoms with Gasteiger partial charge < -0.3 is 10.2 Å². The van der Waals surface area contributed by atoms with E-state index in [1.807, 2.05) is 26.0 Å². The Kier molecular flexibility index (Phi) is 7.26. The van der Waals surface area contributed by atoms with Crippen molar-refractivity contribution in [3.8, 4) is 17.3 Å². The minimum absolute atomic E-state index is 0.0796. The molecule has 2 heterocycles. The highest BCUT2D eigenvalue weighted by Gasteiger charge is 2.48. The van der Waals surface area contributed by atoms with Gasteiger partial charge in [-0.2, -0.15) is 5.26 Å². The summed E-state index contributed by atoms with van der Waals surface area (Å²) in [4.78, 5) is 57.3. The molecule has 2 amide bonds. The summed E-state index contributed by atoms with van der Waals surface area (Å²) in [7, 11) is 0. The van der Waals surface area contributed by atoms with Crippen LogP contribution in [0, 0.1) is 30.6 Å². The fraction of sp³-hybridized carbons (Fsp3) is 0.448.